The topological polar surface area (TPSA) is 93.5 Å². The Bertz CT molecular complexity index is 696. The van der Waals surface area contributed by atoms with Crippen LogP contribution < -0.4 is 21.1 Å². The molecule has 114 valence electrons. The number of nitrogens with two attached hydrogens (primary N) is 1. The lowest BCUT2D eigenvalue weighted by Crippen LogP contribution is -2.18. The lowest BCUT2D eigenvalue weighted by atomic mass is 10.1. The third kappa shape index (κ3) is 3.35. The third-order valence-corrected chi connectivity index (χ3v) is 3.11. The number of hydrogen-bond acceptors (Lipinski definition) is 4. The van der Waals surface area contributed by atoms with Gasteiger partial charge in [0.2, 0.25) is 0 Å². The number of benzene rings is 2. The smallest absolute Gasteiger partial charge is 0.255 e. The van der Waals surface area contributed by atoms with E-state index in [1.165, 1.54) is 7.11 Å². The van der Waals surface area contributed by atoms with Crippen LogP contribution in [0.3, 0.4) is 0 Å². The Hall–Kier alpha value is -3.02. The van der Waals surface area contributed by atoms with Crippen molar-refractivity contribution in [2.75, 3.05) is 25.2 Å². The number of amides is 2. The second kappa shape index (κ2) is 6.62. The molecule has 0 heterocycles. The van der Waals surface area contributed by atoms with Gasteiger partial charge in [0.1, 0.15) is 5.75 Å². The van der Waals surface area contributed by atoms with Crippen LogP contribution in [0.1, 0.15) is 20.7 Å². The highest BCUT2D eigenvalue weighted by atomic mass is 16.5. The molecule has 0 bridgehead atoms. The van der Waals surface area contributed by atoms with E-state index in [1.54, 1.807) is 49.5 Å². The van der Waals surface area contributed by atoms with E-state index in [-0.39, 0.29) is 11.8 Å². The number of hydrogen-bond donors (Lipinski definition) is 3. The van der Waals surface area contributed by atoms with Gasteiger partial charge in [-0.2, -0.15) is 0 Å². The first-order valence-electron chi connectivity index (χ1n) is 6.62. The minimum atomic E-state index is -0.313. The summed E-state index contributed by atoms with van der Waals surface area (Å²) in [6, 6.07) is 11.3. The van der Waals surface area contributed by atoms with Gasteiger partial charge in [-0.05, 0) is 42.5 Å². The quantitative estimate of drug-likeness (QED) is 0.752. The van der Waals surface area contributed by atoms with Gasteiger partial charge in [-0.1, -0.05) is 0 Å². The van der Waals surface area contributed by atoms with Gasteiger partial charge in [0.05, 0.1) is 12.8 Å². The SMILES string of the molecule is CNC(=O)c1ccc(C(=O)Nc2cc(N)ccc2OC)cc1. The van der Waals surface area contributed by atoms with Crippen molar-refractivity contribution in [2.24, 2.45) is 0 Å². The number of methoxy groups -OCH3 is 1. The van der Waals surface area contributed by atoms with E-state index >= 15 is 0 Å². The molecule has 0 aromatic heterocycles. The monoisotopic (exact) mass is 299 g/mol. The molecule has 0 atom stereocenters. The van der Waals surface area contributed by atoms with E-state index in [4.69, 9.17) is 10.5 Å². The molecule has 0 aliphatic carbocycles. The van der Waals surface area contributed by atoms with Crippen LogP contribution in [0, 0.1) is 0 Å². The first kappa shape index (κ1) is 15.4. The van der Waals surface area contributed by atoms with Gasteiger partial charge < -0.3 is 21.1 Å². The largest absolute Gasteiger partial charge is 0.495 e. The number of carbonyl (C=O) groups is 2. The van der Waals surface area contributed by atoms with Crippen molar-refractivity contribution in [1.82, 2.24) is 5.32 Å². The van der Waals surface area contributed by atoms with Gasteiger partial charge in [-0.25, -0.2) is 0 Å². The van der Waals surface area contributed by atoms with Crippen molar-refractivity contribution in [2.45, 2.75) is 0 Å². The average Bonchev–Trinajstić information content (AvgIpc) is 2.54. The molecule has 2 aromatic carbocycles. The highest BCUT2D eigenvalue weighted by Gasteiger charge is 2.11. The molecule has 0 radical (unpaired) electrons. The molecule has 4 N–H and O–H groups in total. The Kier molecular flexibility index (Phi) is 4.63. The molecule has 6 heteroatoms. The van der Waals surface area contributed by atoms with E-state index in [0.717, 1.165) is 0 Å². The molecule has 0 saturated carbocycles. The zero-order valence-electron chi connectivity index (χ0n) is 12.3. The summed E-state index contributed by atoms with van der Waals surface area (Å²) in [6.45, 7) is 0. The molecule has 2 amide bonds. The second-order valence-corrected chi connectivity index (χ2v) is 4.57. The molecule has 6 nitrogen and oxygen atoms in total. The summed E-state index contributed by atoms with van der Waals surface area (Å²) >= 11 is 0. The third-order valence-electron chi connectivity index (χ3n) is 3.11. The lowest BCUT2D eigenvalue weighted by Gasteiger charge is -2.11. The van der Waals surface area contributed by atoms with Crippen molar-refractivity contribution < 1.29 is 14.3 Å². The van der Waals surface area contributed by atoms with Crippen LogP contribution in [-0.4, -0.2) is 26.0 Å². The van der Waals surface area contributed by atoms with Gasteiger partial charge >= 0.3 is 0 Å². The van der Waals surface area contributed by atoms with Crippen LogP contribution in [-0.2, 0) is 0 Å². The first-order chi connectivity index (χ1) is 10.5. The fraction of sp³-hybridized carbons (Fsp3) is 0.125. The zero-order valence-corrected chi connectivity index (χ0v) is 12.3. The summed E-state index contributed by atoms with van der Waals surface area (Å²) in [5.74, 6) is 0.00125. The van der Waals surface area contributed by atoms with Gasteiger partial charge in [-0.15, -0.1) is 0 Å². The Morgan fingerprint density at radius 2 is 1.59 bits per heavy atom. The predicted octanol–water partition coefficient (Wildman–Crippen LogP) is 1.89. The van der Waals surface area contributed by atoms with Crippen LogP contribution in [0.4, 0.5) is 11.4 Å². The molecular weight excluding hydrogens is 282 g/mol. The van der Waals surface area contributed by atoms with Crippen LogP contribution in [0.2, 0.25) is 0 Å². The summed E-state index contributed by atoms with van der Waals surface area (Å²) in [5, 5.41) is 5.26. The Labute approximate surface area is 128 Å². The molecule has 0 spiro atoms. The van der Waals surface area contributed by atoms with E-state index in [0.29, 0.717) is 28.3 Å². The number of rotatable bonds is 4. The number of nitrogen functional groups attached to an aromatic ring is 1. The summed E-state index contributed by atoms with van der Waals surface area (Å²) in [6.07, 6.45) is 0. The summed E-state index contributed by atoms with van der Waals surface area (Å²) in [5.41, 5.74) is 7.64. The normalized spacial score (nSPS) is 9.91. The standard InChI is InChI=1S/C16H17N3O3/c1-18-15(20)10-3-5-11(6-4-10)16(21)19-13-9-12(17)7-8-14(13)22-2/h3-9H,17H2,1-2H3,(H,18,20)(H,19,21). The predicted molar refractivity (Wildman–Crippen MR) is 85.2 cm³/mol. The molecule has 0 saturated heterocycles. The van der Waals surface area contributed by atoms with Crippen LogP contribution in [0.5, 0.6) is 5.75 Å². The van der Waals surface area contributed by atoms with Crippen molar-refractivity contribution in [3.05, 3.63) is 53.6 Å². The van der Waals surface area contributed by atoms with Gasteiger partial charge in [0, 0.05) is 23.9 Å². The van der Waals surface area contributed by atoms with E-state index in [2.05, 4.69) is 10.6 Å². The first-order valence-corrected chi connectivity index (χ1v) is 6.62. The Morgan fingerprint density at radius 1 is 1.00 bits per heavy atom. The van der Waals surface area contributed by atoms with Crippen molar-refractivity contribution in [3.63, 3.8) is 0 Å². The minimum Gasteiger partial charge on any atom is -0.495 e. The second-order valence-electron chi connectivity index (χ2n) is 4.57. The number of anilines is 2. The highest BCUT2D eigenvalue weighted by molar-refractivity contribution is 6.06. The summed E-state index contributed by atoms with van der Waals surface area (Å²) in [7, 11) is 3.06. The van der Waals surface area contributed by atoms with Crippen molar-refractivity contribution >= 4 is 23.2 Å². The maximum absolute atomic E-state index is 12.2. The fourth-order valence-electron chi connectivity index (χ4n) is 1.94. The van der Waals surface area contributed by atoms with Gasteiger partial charge in [0.15, 0.2) is 0 Å². The lowest BCUT2D eigenvalue weighted by molar-refractivity contribution is 0.0961. The highest BCUT2D eigenvalue weighted by Crippen LogP contribution is 2.27. The van der Waals surface area contributed by atoms with E-state index < -0.39 is 0 Å². The molecule has 0 unspecified atom stereocenters. The molecule has 22 heavy (non-hydrogen) atoms. The van der Waals surface area contributed by atoms with E-state index in [1.807, 2.05) is 0 Å². The van der Waals surface area contributed by atoms with Gasteiger partial charge in [0.25, 0.3) is 11.8 Å². The maximum atomic E-state index is 12.2. The van der Waals surface area contributed by atoms with Crippen LogP contribution >= 0.6 is 0 Å². The van der Waals surface area contributed by atoms with Crippen LogP contribution in [0.15, 0.2) is 42.5 Å². The fourth-order valence-corrected chi connectivity index (χ4v) is 1.94. The molecule has 2 rings (SSSR count). The van der Waals surface area contributed by atoms with Crippen LogP contribution in [0.25, 0.3) is 0 Å². The molecule has 2 aromatic rings. The van der Waals surface area contributed by atoms with E-state index in [9.17, 15) is 9.59 Å². The molecule has 0 fully saturated rings. The number of nitrogens with one attached hydrogen (secondary N) is 2. The molecule has 0 aliphatic heterocycles. The average molecular weight is 299 g/mol. The Balaban J connectivity index is 2.19. The van der Waals surface area contributed by atoms with Crippen molar-refractivity contribution in [1.29, 1.82) is 0 Å². The number of ether oxygens (including phenoxy) is 1. The summed E-state index contributed by atoms with van der Waals surface area (Å²) in [4.78, 5) is 23.7. The van der Waals surface area contributed by atoms with Crippen molar-refractivity contribution in [3.8, 4) is 5.75 Å². The summed E-state index contributed by atoms with van der Waals surface area (Å²) < 4.78 is 5.18. The number of carbonyl (C=O) groups excluding carboxylic acids is 2. The molecular formula is C16H17N3O3. The maximum Gasteiger partial charge on any atom is 0.255 e. The van der Waals surface area contributed by atoms with Gasteiger partial charge in [-0.3, -0.25) is 9.59 Å². The zero-order chi connectivity index (χ0) is 16.1. The minimum absolute atomic E-state index is 0.204. The Morgan fingerprint density at radius 3 is 2.14 bits per heavy atom. The molecule has 0 aliphatic rings.